The van der Waals surface area contributed by atoms with Crippen molar-refractivity contribution in [1.82, 2.24) is 0 Å². The number of benzene rings is 1. The first-order valence-electron chi connectivity index (χ1n) is 7.66. The molecule has 0 aliphatic heterocycles. The Balaban J connectivity index is 2.74. The lowest BCUT2D eigenvalue weighted by atomic mass is 9.72. The largest absolute Gasteiger partial charge is 0.492 e. The summed E-state index contributed by atoms with van der Waals surface area (Å²) in [6.45, 7) is 11.7. The summed E-state index contributed by atoms with van der Waals surface area (Å²) in [5, 5.41) is 8.62. The molecular weight excluding hydrogens is 344 g/mol. The third kappa shape index (κ3) is 6.39. The number of carbonyl (C=O) groups is 1. The molecule has 0 aliphatic rings. The van der Waals surface area contributed by atoms with E-state index in [0.29, 0.717) is 13.0 Å². The molecule has 0 saturated carbocycles. The SMILES string of the molecule is CC(C)(C)CC(C)(C)c1ccc(OCCCC(=O)O)c(Br)c1. The highest BCUT2D eigenvalue weighted by Crippen LogP contribution is 2.38. The highest BCUT2D eigenvalue weighted by Gasteiger charge is 2.27. The maximum Gasteiger partial charge on any atom is 0.303 e. The third-order valence-corrected chi connectivity index (χ3v) is 4.10. The Kier molecular flexibility index (Phi) is 6.48. The lowest BCUT2D eigenvalue weighted by Crippen LogP contribution is -2.24. The standard InChI is InChI=1S/C18H27BrO3/c1-17(2,3)12-18(4,5)13-8-9-15(14(19)11-13)22-10-6-7-16(20)21/h8-9,11H,6-7,10,12H2,1-5H3,(H,20,21). The van der Waals surface area contributed by atoms with Gasteiger partial charge in [-0.25, -0.2) is 0 Å². The number of aliphatic carboxylic acids is 1. The van der Waals surface area contributed by atoms with Gasteiger partial charge in [0.2, 0.25) is 0 Å². The zero-order valence-corrected chi connectivity index (χ0v) is 15.8. The van der Waals surface area contributed by atoms with Gasteiger partial charge in [-0.1, -0.05) is 40.7 Å². The van der Waals surface area contributed by atoms with Gasteiger partial charge in [0.1, 0.15) is 5.75 Å². The molecule has 0 fully saturated rings. The van der Waals surface area contributed by atoms with Crippen LogP contribution >= 0.6 is 15.9 Å². The van der Waals surface area contributed by atoms with Crippen LogP contribution in [0.3, 0.4) is 0 Å². The molecule has 0 spiro atoms. The van der Waals surface area contributed by atoms with Crippen LogP contribution in [0.25, 0.3) is 0 Å². The highest BCUT2D eigenvalue weighted by molar-refractivity contribution is 9.10. The van der Waals surface area contributed by atoms with E-state index in [9.17, 15) is 4.79 Å². The summed E-state index contributed by atoms with van der Waals surface area (Å²) in [7, 11) is 0. The number of halogens is 1. The van der Waals surface area contributed by atoms with E-state index in [1.807, 2.05) is 6.07 Å². The first kappa shape index (κ1) is 19.0. The van der Waals surface area contributed by atoms with Gasteiger partial charge in [-0.3, -0.25) is 4.79 Å². The smallest absolute Gasteiger partial charge is 0.303 e. The first-order valence-corrected chi connectivity index (χ1v) is 8.45. The molecule has 0 aliphatic carbocycles. The molecule has 22 heavy (non-hydrogen) atoms. The Hall–Kier alpha value is -1.03. The minimum Gasteiger partial charge on any atom is -0.492 e. The van der Waals surface area contributed by atoms with E-state index >= 15 is 0 Å². The van der Waals surface area contributed by atoms with Gasteiger partial charge in [-0.15, -0.1) is 0 Å². The van der Waals surface area contributed by atoms with Crippen LogP contribution < -0.4 is 4.74 Å². The molecule has 0 heterocycles. The van der Waals surface area contributed by atoms with Crippen LogP contribution in [0, 0.1) is 5.41 Å². The number of carboxylic acids is 1. The lowest BCUT2D eigenvalue weighted by molar-refractivity contribution is -0.137. The van der Waals surface area contributed by atoms with Gasteiger partial charge in [-0.05, 0) is 57.3 Å². The number of hydrogen-bond acceptors (Lipinski definition) is 2. The number of carboxylic acid groups (broad SMARTS) is 1. The third-order valence-electron chi connectivity index (χ3n) is 3.48. The average molecular weight is 371 g/mol. The molecule has 0 bridgehead atoms. The van der Waals surface area contributed by atoms with Crippen LogP contribution in [0.4, 0.5) is 0 Å². The zero-order chi connectivity index (χ0) is 17.0. The molecule has 1 aromatic rings. The second kappa shape index (κ2) is 7.49. The van der Waals surface area contributed by atoms with Crippen molar-refractivity contribution in [3.63, 3.8) is 0 Å². The zero-order valence-electron chi connectivity index (χ0n) is 14.2. The fraction of sp³-hybridized carbons (Fsp3) is 0.611. The van der Waals surface area contributed by atoms with Gasteiger partial charge >= 0.3 is 5.97 Å². The number of ether oxygens (including phenoxy) is 1. The fourth-order valence-corrected chi connectivity index (χ4v) is 3.37. The minimum atomic E-state index is -0.790. The molecule has 0 atom stereocenters. The lowest BCUT2D eigenvalue weighted by Gasteiger charge is -2.33. The topological polar surface area (TPSA) is 46.5 Å². The van der Waals surface area contributed by atoms with Crippen molar-refractivity contribution in [2.75, 3.05) is 6.61 Å². The van der Waals surface area contributed by atoms with Crippen LogP contribution in [0.5, 0.6) is 5.75 Å². The van der Waals surface area contributed by atoms with Crippen LogP contribution in [-0.2, 0) is 10.2 Å². The van der Waals surface area contributed by atoms with Crippen molar-refractivity contribution in [2.24, 2.45) is 5.41 Å². The van der Waals surface area contributed by atoms with Crippen LogP contribution in [0.1, 0.15) is 59.4 Å². The molecule has 0 radical (unpaired) electrons. The molecule has 0 amide bonds. The van der Waals surface area contributed by atoms with Crippen molar-refractivity contribution >= 4 is 21.9 Å². The molecular formula is C18H27BrO3. The van der Waals surface area contributed by atoms with E-state index in [1.165, 1.54) is 5.56 Å². The van der Waals surface area contributed by atoms with Crippen molar-refractivity contribution in [3.05, 3.63) is 28.2 Å². The normalized spacial score (nSPS) is 12.3. The van der Waals surface area contributed by atoms with Crippen LogP contribution in [-0.4, -0.2) is 17.7 Å². The van der Waals surface area contributed by atoms with Gasteiger partial charge in [0.15, 0.2) is 0 Å². The maximum atomic E-state index is 10.5. The highest BCUT2D eigenvalue weighted by atomic mass is 79.9. The summed E-state index contributed by atoms with van der Waals surface area (Å²) in [6, 6.07) is 6.17. The summed E-state index contributed by atoms with van der Waals surface area (Å²) < 4.78 is 6.56. The maximum absolute atomic E-state index is 10.5. The fourth-order valence-electron chi connectivity index (χ4n) is 2.87. The minimum absolute atomic E-state index is 0.0859. The predicted octanol–water partition coefficient (Wildman–Crippen LogP) is 5.41. The second-order valence-corrected chi connectivity index (χ2v) is 8.47. The molecule has 4 heteroatoms. The second-order valence-electron chi connectivity index (χ2n) is 7.61. The van der Waals surface area contributed by atoms with E-state index < -0.39 is 5.97 Å². The monoisotopic (exact) mass is 370 g/mol. The quantitative estimate of drug-likeness (QED) is 0.652. The molecule has 1 N–H and O–H groups in total. The summed E-state index contributed by atoms with van der Waals surface area (Å²) in [5.41, 5.74) is 1.62. The first-order chi connectivity index (χ1) is 10.0. The molecule has 0 aromatic heterocycles. The van der Waals surface area contributed by atoms with E-state index in [0.717, 1.165) is 16.6 Å². The Morgan fingerprint density at radius 2 is 1.86 bits per heavy atom. The van der Waals surface area contributed by atoms with E-state index in [1.54, 1.807) is 0 Å². The molecule has 124 valence electrons. The summed E-state index contributed by atoms with van der Waals surface area (Å²) in [4.78, 5) is 10.5. The molecule has 1 rings (SSSR count). The number of rotatable bonds is 7. The molecule has 0 unspecified atom stereocenters. The Morgan fingerprint density at radius 3 is 2.36 bits per heavy atom. The van der Waals surface area contributed by atoms with Crippen molar-refractivity contribution in [1.29, 1.82) is 0 Å². The van der Waals surface area contributed by atoms with Gasteiger partial charge in [0.25, 0.3) is 0 Å². The molecule has 0 saturated heterocycles. The summed E-state index contributed by atoms with van der Waals surface area (Å²) in [6.07, 6.45) is 1.73. The van der Waals surface area contributed by atoms with Gasteiger partial charge in [0.05, 0.1) is 11.1 Å². The van der Waals surface area contributed by atoms with E-state index in [-0.39, 0.29) is 17.3 Å². The Morgan fingerprint density at radius 1 is 1.23 bits per heavy atom. The molecule has 1 aromatic carbocycles. The van der Waals surface area contributed by atoms with Crippen LogP contribution in [0.15, 0.2) is 22.7 Å². The van der Waals surface area contributed by atoms with Crippen molar-refractivity contribution in [2.45, 2.75) is 59.3 Å². The van der Waals surface area contributed by atoms with Gasteiger partial charge < -0.3 is 9.84 Å². The van der Waals surface area contributed by atoms with Crippen molar-refractivity contribution < 1.29 is 14.6 Å². The summed E-state index contributed by atoms with van der Waals surface area (Å²) in [5.74, 6) is -0.0253. The van der Waals surface area contributed by atoms with Gasteiger partial charge in [0, 0.05) is 6.42 Å². The van der Waals surface area contributed by atoms with Crippen molar-refractivity contribution in [3.8, 4) is 5.75 Å². The number of hydrogen-bond donors (Lipinski definition) is 1. The van der Waals surface area contributed by atoms with E-state index in [4.69, 9.17) is 9.84 Å². The van der Waals surface area contributed by atoms with Gasteiger partial charge in [-0.2, -0.15) is 0 Å². The Bertz CT molecular complexity index is 516. The summed E-state index contributed by atoms with van der Waals surface area (Å²) >= 11 is 3.56. The molecule has 3 nitrogen and oxygen atoms in total. The van der Waals surface area contributed by atoms with Crippen LogP contribution in [0.2, 0.25) is 0 Å². The van der Waals surface area contributed by atoms with E-state index in [2.05, 4.69) is 62.7 Å². The Labute approximate surface area is 142 Å². The predicted molar refractivity (Wildman–Crippen MR) is 93.6 cm³/mol. The average Bonchev–Trinajstić information content (AvgIpc) is 2.32.